The van der Waals surface area contributed by atoms with Crippen LogP contribution >= 0.6 is 0 Å². The maximum Gasteiger partial charge on any atom is 0.418 e. The number of fused-ring (bicyclic) bond motifs is 1. The van der Waals surface area contributed by atoms with Gasteiger partial charge in [-0.25, -0.2) is 0 Å². The minimum absolute atomic E-state index is 0.510. The Morgan fingerprint density at radius 1 is 1.06 bits per heavy atom. The maximum absolute atomic E-state index is 12.9. The van der Waals surface area contributed by atoms with Crippen molar-refractivity contribution in [3.05, 3.63) is 48.0 Å². The minimum atomic E-state index is -3.59. The Bertz CT molecular complexity index is 482. The van der Waals surface area contributed by atoms with Crippen molar-refractivity contribution < 1.29 is 8.22 Å². The first kappa shape index (κ1) is 11.3. The van der Waals surface area contributed by atoms with E-state index in [-0.39, 0.29) is 0 Å². The summed E-state index contributed by atoms with van der Waals surface area (Å²) in [5.74, 6) is 0. The Morgan fingerprint density at radius 2 is 1.75 bits per heavy atom. The van der Waals surface area contributed by atoms with Crippen molar-refractivity contribution in [2.24, 2.45) is 0 Å². The van der Waals surface area contributed by atoms with Gasteiger partial charge in [-0.15, -0.1) is 0 Å². The molecule has 0 bridgehead atoms. The summed E-state index contributed by atoms with van der Waals surface area (Å²) in [5, 5.41) is 2.16. The highest BCUT2D eigenvalue weighted by molar-refractivity contribution is 6.44. The molecule has 0 aliphatic rings. The molecule has 0 aromatic heterocycles. The van der Waals surface area contributed by atoms with Gasteiger partial charge in [0.15, 0.2) is 0 Å². The van der Waals surface area contributed by atoms with Crippen molar-refractivity contribution >= 4 is 20.2 Å². The lowest BCUT2D eigenvalue weighted by Gasteiger charge is -2.13. The molecule has 84 valence electrons. The quantitative estimate of drug-likeness (QED) is 0.557. The zero-order valence-corrected chi connectivity index (χ0v) is 10.3. The molecular formula is C13H14F2Si. The zero-order valence-electron chi connectivity index (χ0n) is 9.16. The van der Waals surface area contributed by atoms with E-state index in [1.54, 1.807) is 0 Å². The molecule has 0 saturated carbocycles. The Hall–Kier alpha value is -1.22. The van der Waals surface area contributed by atoms with E-state index in [4.69, 9.17) is 0 Å². The van der Waals surface area contributed by atoms with Crippen molar-refractivity contribution in [1.82, 2.24) is 0 Å². The molecule has 0 nitrogen and oxygen atoms in total. The van der Waals surface area contributed by atoms with Crippen LogP contribution in [0.3, 0.4) is 0 Å². The highest BCUT2D eigenvalue weighted by Crippen LogP contribution is 2.27. The number of hydrogen-bond acceptors (Lipinski definition) is 0. The minimum Gasteiger partial charge on any atom is -0.274 e. The summed E-state index contributed by atoms with van der Waals surface area (Å²) in [6, 6.07) is 13.6. The van der Waals surface area contributed by atoms with Crippen LogP contribution in [-0.4, -0.2) is 9.46 Å². The van der Waals surface area contributed by atoms with Gasteiger partial charge in [0.05, 0.1) is 0 Å². The SMILES string of the molecule is CCC(c1ccc2ccccc2c1)[SiH](F)F. The summed E-state index contributed by atoms with van der Waals surface area (Å²) in [7, 11) is -3.59. The van der Waals surface area contributed by atoms with E-state index < -0.39 is 15.0 Å². The van der Waals surface area contributed by atoms with Gasteiger partial charge in [0.1, 0.15) is 0 Å². The Kier molecular flexibility index (Phi) is 3.34. The van der Waals surface area contributed by atoms with Crippen LogP contribution < -0.4 is 0 Å². The van der Waals surface area contributed by atoms with Gasteiger partial charge in [-0.1, -0.05) is 49.4 Å². The largest absolute Gasteiger partial charge is 0.418 e. The third-order valence-corrected chi connectivity index (χ3v) is 4.41. The van der Waals surface area contributed by atoms with E-state index in [2.05, 4.69) is 0 Å². The molecule has 1 unspecified atom stereocenters. The molecule has 3 heteroatoms. The monoisotopic (exact) mass is 236 g/mol. The van der Waals surface area contributed by atoms with Gasteiger partial charge in [0, 0.05) is 5.54 Å². The van der Waals surface area contributed by atoms with E-state index >= 15 is 0 Å². The second kappa shape index (κ2) is 4.74. The van der Waals surface area contributed by atoms with Crippen LogP contribution in [0.1, 0.15) is 24.4 Å². The number of rotatable bonds is 3. The smallest absolute Gasteiger partial charge is 0.274 e. The van der Waals surface area contributed by atoms with Gasteiger partial charge in [-0.3, -0.25) is 8.22 Å². The van der Waals surface area contributed by atoms with Crippen LogP contribution in [0.2, 0.25) is 0 Å². The van der Waals surface area contributed by atoms with Crippen molar-refractivity contribution in [1.29, 1.82) is 0 Å². The molecule has 0 N–H and O–H groups in total. The van der Waals surface area contributed by atoms with E-state index in [1.807, 2.05) is 49.4 Å². The summed E-state index contributed by atoms with van der Waals surface area (Å²) in [6.45, 7) is 1.83. The second-order valence-electron chi connectivity index (χ2n) is 3.96. The topological polar surface area (TPSA) is 0 Å². The Balaban J connectivity index is 2.45. The molecule has 0 fully saturated rings. The molecule has 1 atom stereocenters. The fourth-order valence-electron chi connectivity index (χ4n) is 2.00. The second-order valence-corrected chi connectivity index (χ2v) is 5.43. The van der Waals surface area contributed by atoms with Crippen LogP contribution in [0.4, 0.5) is 8.22 Å². The first-order valence-corrected chi connectivity index (χ1v) is 7.03. The fourth-order valence-corrected chi connectivity index (χ4v) is 2.85. The van der Waals surface area contributed by atoms with Gasteiger partial charge < -0.3 is 0 Å². The molecule has 0 saturated heterocycles. The highest BCUT2D eigenvalue weighted by Gasteiger charge is 2.23. The molecule has 0 radical (unpaired) electrons. The fraction of sp³-hybridized carbons (Fsp3) is 0.231. The van der Waals surface area contributed by atoms with Crippen molar-refractivity contribution in [2.45, 2.75) is 18.9 Å². The number of halogens is 2. The molecule has 0 aliphatic heterocycles. The number of benzene rings is 2. The zero-order chi connectivity index (χ0) is 11.5. The predicted octanol–water partition coefficient (Wildman–Crippen LogP) is 4.03. The average molecular weight is 236 g/mol. The summed E-state index contributed by atoms with van der Waals surface area (Å²) >= 11 is 0. The normalized spacial score (nSPS) is 13.2. The third-order valence-electron chi connectivity index (χ3n) is 2.95. The van der Waals surface area contributed by atoms with Crippen molar-refractivity contribution in [3.63, 3.8) is 0 Å². The van der Waals surface area contributed by atoms with E-state index in [9.17, 15) is 8.22 Å². The van der Waals surface area contributed by atoms with E-state index in [1.165, 1.54) is 0 Å². The van der Waals surface area contributed by atoms with Gasteiger partial charge >= 0.3 is 9.46 Å². The molecule has 0 amide bonds. The van der Waals surface area contributed by atoms with Gasteiger partial charge in [0.2, 0.25) is 0 Å². The van der Waals surface area contributed by atoms with Crippen molar-refractivity contribution in [2.75, 3.05) is 0 Å². The first-order valence-electron chi connectivity index (χ1n) is 5.49. The molecule has 2 rings (SSSR count). The van der Waals surface area contributed by atoms with Crippen LogP contribution in [-0.2, 0) is 0 Å². The highest BCUT2D eigenvalue weighted by atomic mass is 28.4. The van der Waals surface area contributed by atoms with E-state index in [0.717, 1.165) is 16.3 Å². The molecule has 2 aromatic rings. The molecule has 16 heavy (non-hydrogen) atoms. The molecular weight excluding hydrogens is 222 g/mol. The maximum atomic E-state index is 12.9. The summed E-state index contributed by atoms with van der Waals surface area (Å²) in [5.41, 5.74) is 0.285. The lowest BCUT2D eigenvalue weighted by molar-refractivity contribution is 0.603. The summed E-state index contributed by atoms with van der Waals surface area (Å²) < 4.78 is 25.8. The lowest BCUT2D eigenvalue weighted by Crippen LogP contribution is -2.12. The molecule has 0 spiro atoms. The number of hydrogen-bond donors (Lipinski definition) is 0. The first-order chi connectivity index (χ1) is 7.72. The van der Waals surface area contributed by atoms with Gasteiger partial charge in [0.25, 0.3) is 0 Å². The summed E-state index contributed by atoms with van der Waals surface area (Å²) in [6.07, 6.45) is 0.530. The van der Waals surface area contributed by atoms with Crippen LogP contribution in [0.15, 0.2) is 42.5 Å². The molecule has 2 aromatic carbocycles. The Labute approximate surface area is 95.9 Å². The van der Waals surface area contributed by atoms with Crippen LogP contribution in [0.5, 0.6) is 0 Å². The van der Waals surface area contributed by atoms with E-state index in [0.29, 0.717) is 6.42 Å². The standard InChI is InChI=1S/C13H14F2Si/c1-2-13(16(14)15)12-8-7-10-5-3-4-6-11(10)9-12/h3-9,13,16H,2H2,1H3. The van der Waals surface area contributed by atoms with Crippen LogP contribution in [0, 0.1) is 0 Å². The molecule has 0 heterocycles. The lowest BCUT2D eigenvalue weighted by atomic mass is 10.0. The Morgan fingerprint density at radius 3 is 2.38 bits per heavy atom. The van der Waals surface area contributed by atoms with Crippen LogP contribution in [0.25, 0.3) is 10.8 Å². The van der Waals surface area contributed by atoms with Gasteiger partial charge in [-0.2, -0.15) is 0 Å². The third kappa shape index (κ3) is 2.14. The summed E-state index contributed by atoms with van der Waals surface area (Å²) in [4.78, 5) is 0. The molecule has 0 aliphatic carbocycles. The average Bonchev–Trinajstić information content (AvgIpc) is 2.29. The predicted molar refractivity (Wildman–Crippen MR) is 66.3 cm³/mol. The van der Waals surface area contributed by atoms with Gasteiger partial charge in [-0.05, 0) is 22.8 Å². The van der Waals surface area contributed by atoms with Crippen molar-refractivity contribution in [3.8, 4) is 0 Å².